The van der Waals surface area contributed by atoms with Gasteiger partial charge in [-0.2, -0.15) is 0 Å². The number of methoxy groups -OCH3 is 2. The maximum Gasteiger partial charge on any atom is 0.313 e. The Bertz CT molecular complexity index is 691. The van der Waals surface area contributed by atoms with Crippen molar-refractivity contribution in [1.29, 1.82) is 0 Å². The van der Waals surface area contributed by atoms with Crippen LogP contribution in [0.1, 0.15) is 11.7 Å². The Balaban J connectivity index is 1.95. The maximum absolute atomic E-state index is 11.9. The summed E-state index contributed by atoms with van der Waals surface area (Å²) in [5.74, 6) is -0.868. The minimum absolute atomic E-state index is 0.135. The molecule has 0 aliphatic rings. The van der Waals surface area contributed by atoms with Gasteiger partial charge in [-0.05, 0) is 18.2 Å². The molecule has 7 heteroatoms. The van der Waals surface area contributed by atoms with Crippen molar-refractivity contribution >= 4 is 17.5 Å². The molecule has 1 atom stereocenters. The van der Waals surface area contributed by atoms with Gasteiger partial charge < -0.3 is 20.1 Å². The highest BCUT2D eigenvalue weighted by atomic mass is 16.5. The number of ether oxygens (including phenoxy) is 2. The number of hydrogen-bond donors (Lipinski definition) is 2. The predicted molar refractivity (Wildman–Crippen MR) is 88.6 cm³/mol. The molecule has 24 heavy (non-hydrogen) atoms. The van der Waals surface area contributed by atoms with Crippen molar-refractivity contribution in [1.82, 2.24) is 10.3 Å². The Kier molecular flexibility index (Phi) is 6.27. The van der Waals surface area contributed by atoms with Gasteiger partial charge in [0.25, 0.3) is 0 Å². The van der Waals surface area contributed by atoms with Gasteiger partial charge in [-0.15, -0.1) is 0 Å². The molecule has 2 N–H and O–H groups in total. The average Bonchev–Trinajstić information content (AvgIpc) is 2.63. The largest absolute Gasteiger partial charge is 0.496 e. The van der Waals surface area contributed by atoms with E-state index in [2.05, 4.69) is 15.6 Å². The molecule has 2 rings (SSSR count). The number of carbonyl (C=O) groups excluding carboxylic acids is 2. The zero-order valence-electron chi connectivity index (χ0n) is 13.5. The van der Waals surface area contributed by atoms with Gasteiger partial charge in [0.15, 0.2) is 0 Å². The molecule has 0 radical (unpaired) electrons. The topological polar surface area (TPSA) is 89.5 Å². The molecule has 1 aromatic heterocycles. The second-order valence-electron chi connectivity index (χ2n) is 4.87. The number of anilines is 1. The smallest absolute Gasteiger partial charge is 0.313 e. The normalized spacial score (nSPS) is 11.4. The van der Waals surface area contributed by atoms with E-state index < -0.39 is 17.9 Å². The molecule has 7 nitrogen and oxygen atoms in total. The van der Waals surface area contributed by atoms with E-state index in [4.69, 9.17) is 9.47 Å². The number of amides is 2. The first-order chi connectivity index (χ1) is 11.7. The minimum atomic E-state index is -0.766. The summed E-state index contributed by atoms with van der Waals surface area (Å²) in [4.78, 5) is 27.6. The second kappa shape index (κ2) is 8.64. The van der Waals surface area contributed by atoms with E-state index in [1.54, 1.807) is 31.5 Å². The van der Waals surface area contributed by atoms with E-state index in [-0.39, 0.29) is 6.54 Å². The van der Waals surface area contributed by atoms with E-state index in [1.165, 1.54) is 13.3 Å². The first-order valence-corrected chi connectivity index (χ1v) is 7.30. The molecule has 0 unspecified atom stereocenters. The van der Waals surface area contributed by atoms with Gasteiger partial charge >= 0.3 is 11.8 Å². The zero-order valence-corrected chi connectivity index (χ0v) is 13.5. The van der Waals surface area contributed by atoms with Crippen molar-refractivity contribution in [2.45, 2.75) is 6.10 Å². The summed E-state index contributed by atoms with van der Waals surface area (Å²) < 4.78 is 10.7. The fourth-order valence-electron chi connectivity index (χ4n) is 2.14. The lowest BCUT2D eigenvalue weighted by Crippen LogP contribution is -2.38. The summed E-state index contributed by atoms with van der Waals surface area (Å²) >= 11 is 0. The third-order valence-electron chi connectivity index (χ3n) is 3.34. The third kappa shape index (κ3) is 4.53. The molecule has 126 valence electrons. The van der Waals surface area contributed by atoms with Crippen LogP contribution in [-0.4, -0.2) is 37.6 Å². The van der Waals surface area contributed by atoms with Gasteiger partial charge in [-0.3, -0.25) is 14.6 Å². The molecule has 0 aliphatic heterocycles. The number of hydrogen-bond acceptors (Lipinski definition) is 5. The van der Waals surface area contributed by atoms with Crippen LogP contribution in [0.5, 0.6) is 5.75 Å². The van der Waals surface area contributed by atoms with Crippen LogP contribution >= 0.6 is 0 Å². The van der Waals surface area contributed by atoms with Gasteiger partial charge in [0.1, 0.15) is 11.9 Å². The summed E-state index contributed by atoms with van der Waals surface area (Å²) in [5, 5.41) is 5.02. The minimum Gasteiger partial charge on any atom is -0.496 e. The van der Waals surface area contributed by atoms with Gasteiger partial charge in [-0.25, -0.2) is 0 Å². The van der Waals surface area contributed by atoms with Crippen molar-refractivity contribution < 1.29 is 19.1 Å². The monoisotopic (exact) mass is 329 g/mol. The van der Waals surface area contributed by atoms with Crippen molar-refractivity contribution in [2.24, 2.45) is 0 Å². The summed E-state index contributed by atoms with van der Waals surface area (Å²) in [5.41, 5.74) is 1.24. The number of carbonyl (C=O) groups is 2. The molecule has 0 saturated carbocycles. The van der Waals surface area contributed by atoms with Crippen LogP contribution in [0.3, 0.4) is 0 Å². The number of benzene rings is 1. The third-order valence-corrected chi connectivity index (χ3v) is 3.34. The summed E-state index contributed by atoms with van der Waals surface area (Å²) in [6, 6.07) is 10.6. The molecular weight excluding hydrogens is 310 g/mol. The molecule has 1 heterocycles. The molecule has 1 aromatic carbocycles. The van der Waals surface area contributed by atoms with Crippen LogP contribution < -0.4 is 15.4 Å². The zero-order chi connectivity index (χ0) is 17.4. The highest BCUT2D eigenvalue weighted by molar-refractivity contribution is 6.39. The molecule has 0 saturated heterocycles. The second-order valence-corrected chi connectivity index (χ2v) is 4.87. The van der Waals surface area contributed by atoms with Crippen molar-refractivity contribution in [3.63, 3.8) is 0 Å². The number of rotatable bonds is 6. The Morgan fingerprint density at radius 1 is 1.12 bits per heavy atom. The van der Waals surface area contributed by atoms with Crippen LogP contribution in [0, 0.1) is 0 Å². The molecule has 0 aliphatic carbocycles. The van der Waals surface area contributed by atoms with Crippen LogP contribution in [-0.2, 0) is 14.3 Å². The fraction of sp³-hybridized carbons (Fsp3) is 0.235. The highest BCUT2D eigenvalue weighted by Gasteiger charge is 2.19. The van der Waals surface area contributed by atoms with Gasteiger partial charge in [-0.1, -0.05) is 18.2 Å². The molecule has 0 spiro atoms. The number of nitrogens with zero attached hydrogens (tertiary/aromatic N) is 1. The molecule has 0 bridgehead atoms. The van der Waals surface area contributed by atoms with Crippen molar-refractivity contribution in [2.75, 3.05) is 26.1 Å². The maximum atomic E-state index is 11.9. The van der Waals surface area contributed by atoms with E-state index >= 15 is 0 Å². The SMILES string of the molecule is COc1ccccc1[C@H](CNC(=O)C(=O)Nc1cccnc1)OC. The van der Waals surface area contributed by atoms with Crippen molar-refractivity contribution in [3.05, 3.63) is 54.4 Å². The average molecular weight is 329 g/mol. The Labute approximate surface area is 140 Å². The summed E-state index contributed by atoms with van der Waals surface area (Å²) in [7, 11) is 3.09. The molecule has 2 aromatic rings. The van der Waals surface area contributed by atoms with E-state index in [0.29, 0.717) is 11.4 Å². The van der Waals surface area contributed by atoms with Crippen LogP contribution in [0.25, 0.3) is 0 Å². The first-order valence-electron chi connectivity index (χ1n) is 7.30. The lowest BCUT2D eigenvalue weighted by atomic mass is 10.1. The first kappa shape index (κ1) is 17.4. The number of aromatic nitrogens is 1. The Hall–Kier alpha value is -2.93. The molecule has 2 amide bonds. The summed E-state index contributed by atoms with van der Waals surface area (Å²) in [6.07, 6.45) is 2.60. The highest BCUT2D eigenvalue weighted by Crippen LogP contribution is 2.26. The molecule has 0 fully saturated rings. The van der Waals surface area contributed by atoms with Gasteiger partial charge in [0.05, 0.1) is 19.0 Å². The van der Waals surface area contributed by atoms with Crippen LogP contribution in [0.4, 0.5) is 5.69 Å². The quantitative estimate of drug-likeness (QED) is 0.785. The Morgan fingerprint density at radius 3 is 2.58 bits per heavy atom. The van der Waals surface area contributed by atoms with Gasteiger partial charge in [0, 0.05) is 25.4 Å². The number of pyridine rings is 1. The number of para-hydroxylation sites is 1. The van der Waals surface area contributed by atoms with Gasteiger partial charge in [0.2, 0.25) is 0 Å². The lowest BCUT2D eigenvalue weighted by Gasteiger charge is -2.18. The van der Waals surface area contributed by atoms with E-state index in [1.807, 2.05) is 18.2 Å². The summed E-state index contributed by atoms with van der Waals surface area (Å²) in [6.45, 7) is 0.135. The van der Waals surface area contributed by atoms with E-state index in [0.717, 1.165) is 5.56 Å². The van der Waals surface area contributed by atoms with Crippen LogP contribution in [0.15, 0.2) is 48.8 Å². The van der Waals surface area contributed by atoms with Crippen molar-refractivity contribution in [3.8, 4) is 5.75 Å². The predicted octanol–water partition coefficient (Wildman–Crippen LogP) is 1.53. The molecular formula is C17H19N3O4. The standard InChI is InChI=1S/C17H19N3O4/c1-23-14-8-4-3-7-13(14)15(24-2)11-19-16(21)17(22)20-12-6-5-9-18-10-12/h3-10,15H,11H2,1-2H3,(H,19,21)(H,20,22)/t15-/m0/s1. The lowest BCUT2D eigenvalue weighted by molar-refractivity contribution is -0.136. The fourth-order valence-corrected chi connectivity index (χ4v) is 2.14. The number of nitrogens with one attached hydrogen (secondary N) is 2. The van der Waals surface area contributed by atoms with Crippen LogP contribution in [0.2, 0.25) is 0 Å². The van der Waals surface area contributed by atoms with E-state index in [9.17, 15) is 9.59 Å². The Morgan fingerprint density at radius 2 is 1.92 bits per heavy atom.